The van der Waals surface area contributed by atoms with Crippen molar-refractivity contribution in [2.24, 2.45) is 0 Å². The number of nitrogens with zero attached hydrogens (tertiary/aromatic N) is 1. The van der Waals surface area contributed by atoms with Crippen molar-refractivity contribution in [1.29, 1.82) is 5.41 Å². The fraction of sp³-hybridized carbons (Fsp3) is 0.136. The fourth-order valence-corrected chi connectivity index (χ4v) is 3.52. The van der Waals surface area contributed by atoms with Crippen LogP contribution in [-0.4, -0.2) is 20.9 Å². The Morgan fingerprint density at radius 1 is 0.889 bits per heavy atom. The number of nitrogens with one attached hydrogen (secondary N) is 1. The summed E-state index contributed by atoms with van der Waals surface area (Å²) in [6.45, 7) is 0.249. The van der Waals surface area contributed by atoms with Gasteiger partial charge in [0.25, 0.3) is 0 Å². The van der Waals surface area contributed by atoms with E-state index in [1.807, 2.05) is 49.3 Å². The van der Waals surface area contributed by atoms with Crippen LogP contribution in [0.25, 0.3) is 33.4 Å². The summed E-state index contributed by atoms with van der Waals surface area (Å²) in [5, 5.41) is 9.41. The molecule has 5 rings (SSSR count). The third-order valence-electron chi connectivity index (χ3n) is 4.88. The van der Waals surface area contributed by atoms with Crippen LogP contribution in [0.4, 0.5) is 5.69 Å². The van der Waals surface area contributed by atoms with Crippen LogP contribution >= 0.6 is 0 Å². The molecule has 2 heterocycles. The first-order valence-corrected chi connectivity index (χ1v) is 8.73. The second kappa shape index (κ2) is 5.77. The highest BCUT2D eigenvalue weighted by molar-refractivity contribution is 6.02. The zero-order valence-electron chi connectivity index (χ0n) is 15.1. The Labute approximate surface area is 156 Å². The molecule has 0 saturated heterocycles. The van der Waals surface area contributed by atoms with Gasteiger partial charge >= 0.3 is 0 Å². The monoisotopic (exact) mass is 358 g/mol. The van der Waals surface area contributed by atoms with E-state index in [4.69, 9.17) is 19.3 Å². The van der Waals surface area contributed by atoms with Gasteiger partial charge in [0.1, 0.15) is 11.3 Å². The molecule has 2 aliphatic heterocycles. The lowest BCUT2D eigenvalue weighted by Gasteiger charge is -2.18. The predicted octanol–water partition coefficient (Wildman–Crippen LogP) is 4.48. The highest BCUT2D eigenvalue weighted by atomic mass is 16.7. The van der Waals surface area contributed by atoms with E-state index in [9.17, 15) is 0 Å². The molecule has 5 heteroatoms. The summed E-state index contributed by atoms with van der Waals surface area (Å²) in [6, 6.07) is 17.7. The maximum absolute atomic E-state index is 7.97. The zero-order chi connectivity index (χ0) is 18.5. The summed E-state index contributed by atoms with van der Waals surface area (Å²) in [7, 11) is 4.01. The number of fused-ring (bicyclic) bond motifs is 3. The lowest BCUT2D eigenvalue weighted by Crippen LogP contribution is -2.08. The minimum Gasteiger partial charge on any atom is -0.456 e. The zero-order valence-corrected chi connectivity index (χ0v) is 15.1. The molecule has 5 nitrogen and oxygen atoms in total. The number of anilines is 1. The maximum atomic E-state index is 7.97. The highest BCUT2D eigenvalue weighted by Crippen LogP contribution is 2.43. The smallest absolute Gasteiger partial charge is 0.231 e. The quantitative estimate of drug-likeness (QED) is 0.537. The fourth-order valence-electron chi connectivity index (χ4n) is 3.52. The average molecular weight is 358 g/mol. The Bertz CT molecular complexity index is 1210. The van der Waals surface area contributed by atoms with Crippen molar-refractivity contribution in [3.05, 3.63) is 60.0 Å². The van der Waals surface area contributed by atoms with Gasteiger partial charge in [-0.1, -0.05) is 6.07 Å². The van der Waals surface area contributed by atoms with Crippen molar-refractivity contribution in [2.75, 3.05) is 25.8 Å². The molecule has 0 aromatic heterocycles. The van der Waals surface area contributed by atoms with Gasteiger partial charge in [-0.15, -0.1) is 0 Å². The largest absolute Gasteiger partial charge is 0.456 e. The molecule has 1 N–H and O–H groups in total. The molecule has 2 aromatic carbocycles. The molecule has 0 bridgehead atoms. The Balaban J connectivity index is 1.86. The van der Waals surface area contributed by atoms with E-state index in [0.717, 1.165) is 44.8 Å². The second-order valence-electron chi connectivity index (χ2n) is 6.83. The summed E-state index contributed by atoms with van der Waals surface area (Å²) >= 11 is 0. The normalized spacial score (nSPS) is 12.7. The van der Waals surface area contributed by atoms with Crippen LogP contribution in [-0.2, 0) is 0 Å². The summed E-state index contributed by atoms with van der Waals surface area (Å²) in [5.74, 6) is 2.20. The van der Waals surface area contributed by atoms with E-state index >= 15 is 0 Å². The first kappa shape index (κ1) is 15.8. The molecular weight excluding hydrogens is 340 g/mol. The van der Waals surface area contributed by atoms with Crippen molar-refractivity contribution in [2.45, 2.75) is 0 Å². The van der Waals surface area contributed by atoms with Crippen molar-refractivity contribution in [1.82, 2.24) is 0 Å². The number of hydrogen-bond acceptors (Lipinski definition) is 5. The minimum atomic E-state index is 0.249. The topological polar surface area (TPSA) is 58.7 Å². The number of ether oxygens (including phenoxy) is 2. The standard InChI is InChI=1S/C22H18N2O3/c1-24(2)15-5-7-17-20(11-15)27-19-10-14(23)4-6-16(19)22(17)13-3-8-18-21(9-13)26-12-25-18/h3-11,23H,12H2,1-2H3. The van der Waals surface area contributed by atoms with Gasteiger partial charge in [-0.05, 0) is 42.0 Å². The molecule has 0 fully saturated rings. The maximum Gasteiger partial charge on any atom is 0.231 e. The lowest BCUT2D eigenvalue weighted by molar-refractivity contribution is 0.174. The summed E-state index contributed by atoms with van der Waals surface area (Å²) < 4.78 is 17.2. The predicted molar refractivity (Wildman–Crippen MR) is 105 cm³/mol. The van der Waals surface area contributed by atoms with Crippen LogP contribution in [0.5, 0.6) is 11.5 Å². The molecule has 0 saturated carbocycles. The molecule has 0 radical (unpaired) electrons. The Kier molecular flexibility index (Phi) is 3.37. The number of rotatable bonds is 2. The van der Waals surface area contributed by atoms with Gasteiger partial charge in [0.2, 0.25) is 6.79 Å². The van der Waals surface area contributed by atoms with E-state index in [1.54, 1.807) is 12.1 Å². The van der Waals surface area contributed by atoms with Crippen molar-refractivity contribution < 1.29 is 13.9 Å². The second-order valence-corrected chi connectivity index (χ2v) is 6.83. The van der Waals surface area contributed by atoms with Crippen molar-refractivity contribution >= 4 is 16.7 Å². The molecule has 0 amide bonds. The summed E-state index contributed by atoms with van der Waals surface area (Å²) in [6.07, 6.45) is 0. The SMILES string of the molecule is CN(C)c1ccc2c(-c3ccc4c(c3)OCO4)c3ccc(=N)cc-3oc2c1. The first-order valence-electron chi connectivity index (χ1n) is 8.73. The van der Waals surface area contributed by atoms with Crippen LogP contribution < -0.4 is 19.7 Å². The highest BCUT2D eigenvalue weighted by Gasteiger charge is 2.20. The Hall–Kier alpha value is -3.47. The van der Waals surface area contributed by atoms with E-state index < -0.39 is 0 Å². The van der Waals surface area contributed by atoms with Gasteiger partial charge in [-0.25, -0.2) is 0 Å². The summed E-state index contributed by atoms with van der Waals surface area (Å²) in [4.78, 5) is 2.04. The van der Waals surface area contributed by atoms with E-state index in [0.29, 0.717) is 11.1 Å². The summed E-state index contributed by atoms with van der Waals surface area (Å²) in [5.41, 5.74) is 4.90. The Morgan fingerprint density at radius 3 is 2.59 bits per heavy atom. The molecule has 1 aliphatic carbocycles. The number of benzene rings is 3. The van der Waals surface area contributed by atoms with E-state index in [1.165, 1.54) is 0 Å². The molecule has 0 unspecified atom stereocenters. The minimum absolute atomic E-state index is 0.249. The van der Waals surface area contributed by atoms with Crippen LogP contribution in [0.1, 0.15) is 0 Å². The van der Waals surface area contributed by atoms with Gasteiger partial charge < -0.3 is 24.2 Å². The first-order chi connectivity index (χ1) is 13.1. The van der Waals surface area contributed by atoms with Gasteiger partial charge in [-0.2, -0.15) is 0 Å². The molecule has 27 heavy (non-hydrogen) atoms. The van der Waals surface area contributed by atoms with Gasteiger partial charge in [0.05, 0.1) is 5.36 Å². The van der Waals surface area contributed by atoms with Crippen molar-refractivity contribution in [3.8, 4) is 33.9 Å². The third kappa shape index (κ3) is 2.51. The lowest BCUT2D eigenvalue weighted by atomic mass is 9.93. The van der Waals surface area contributed by atoms with E-state index in [2.05, 4.69) is 12.1 Å². The third-order valence-corrected chi connectivity index (χ3v) is 4.88. The van der Waals surface area contributed by atoms with Gasteiger partial charge in [-0.3, -0.25) is 0 Å². The number of hydrogen-bond donors (Lipinski definition) is 1. The van der Waals surface area contributed by atoms with Crippen LogP contribution in [0.2, 0.25) is 0 Å². The molecular formula is C22H18N2O3. The molecule has 134 valence electrons. The molecule has 2 aromatic rings. The average Bonchev–Trinajstić information content (AvgIpc) is 3.13. The van der Waals surface area contributed by atoms with Gasteiger partial charge in [0.15, 0.2) is 11.5 Å². The van der Waals surface area contributed by atoms with Gasteiger partial charge in [0, 0.05) is 48.4 Å². The van der Waals surface area contributed by atoms with Crippen LogP contribution in [0.15, 0.2) is 59.0 Å². The Morgan fingerprint density at radius 2 is 1.74 bits per heavy atom. The van der Waals surface area contributed by atoms with E-state index in [-0.39, 0.29) is 6.79 Å². The van der Waals surface area contributed by atoms with Crippen molar-refractivity contribution in [3.63, 3.8) is 0 Å². The molecule has 0 spiro atoms. The molecule has 0 atom stereocenters. The van der Waals surface area contributed by atoms with Crippen LogP contribution in [0, 0.1) is 5.41 Å². The van der Waals surface area contributed by atoms with Crippen LogP contribution in [0.3, 0.4) is 0 Å². The molecule has 3 aliphatic rings.